The van der Waals surface area contributed by atoms with Gasteiger partial charge in [-0.15, -0.1) is 0 Å². The van der Waals surface area contributed by atoms with Crippen molar-refractivity contribution in [1.82, 2.24) is 0 Å². The summed E-state index contributed by atoms with van der Waals surface area (Å²) in [4.78, 5) is 11.4. The lowest BCUT2D eigenvalue weighted by atomic mass is 9.97. The molecule has 0 aliphatic heterocycles. The first-order valence-corrected chi connectivity index (χ1v) is 5.59. The van der Waals surface area contributed by atoms with Crippen molar-refractivity contribution in [2.75, 3.05) is 6.54 Å². The zero-order valence-corrected chi connectivity index (χ0v) is 9.46. The van der Waals surface area contributed by atoms with E-state index >= 15 is 0 Å². The molecule has 0 aliphatic rings. The van der Waals surface area contributed by atoms with Crippen LogP contribution >= 0.6 is 0 Å². The van der Waals surface area contributed by atoms with Crippen LogP contribution in [0.15, 0.2) is 0 Å². The molecule has 0 saturated carbocycles. The summed E-state index contributed by atoms with van der Waals surface area (Å²) in [5.41, 5.74) is 11.1. The van der Waals surface area contributed by atoms with Gasteiger partial charge >= 0.3 is 0 Å². The van der Waals surface area contributed by atoms with Gasteiger partial charge in [0.25, 0.3) is 0 Å². The highest BCUT2D eigenvalue weighted by Crippen LogP contribution is 2.07. The highest BCUT2D eigenvalue weighted by atomic mass is 16.1. The first-order valence-electron chi connectivity index (χ1n) is 5.59. The Morgan fingerprint density at radius 2 is 1.71 bits per heavy atom. The Hall–Kier alpha value is -0.410. The maximum Gasteiger partial charge on any atom is 0.152 e. The summed E-state index contributed by atoms with van der Waals surface area (Å²) in [6.45, 7) is 4.56. The van der Waals surface area contributed by atoms with Gasteiger partial charge in [0.15, 0.2) is 5.78 Å². The first-order chi connectivity index (χ1) is 6.59. The van der Waals surface area contributed by atoms with E-state index in [9.17, 15) is 4.79 Å². The first kappa shape index (κ1) is 13.6. The summed E-state index contributed by atoms with van der Waals surface area (Å²) in [5, 5.41) is 0. The molecular formula is C11H24N2O. The Balaban J connectivity index is 3.44. The van der Waals surface area contributed by atoms with Crippen molar-refractivity contribution in [3.63, 3.8) is 0 Å². The summed E-state index contributed by atoms with van der Waals surface area (Å²) in [6.07, 6.45) is 5.23. The van der Waals surface area contributed by atoms with Gasteiger partial charge in [0.05, 0.1) is 6.04 Å². The van der Waals surface area contributed by atoms with Gasteiger partial charge in [-0.25, -0.2) is 0 Å². The van der Waals surface area contributed by atoms with Crippen molar-refractivity contribution < 1.29 is 4.79 Å². The largest absolute Gasteiger partial charge is 0.330 e. The fraction of sp³-hybridized carbons (Fsp3) is 0.909. The van der Waals surface area contributed by atoms with Crippen LogP contribution in [0.1, 0.15) is 46.0 Å². The average Bonchev–Trinajstić information content (AvgIpc) is 2.16. The third-order valence-corrected chi connectivity index (χ3v) is 2.40. The van der Waals surface area contributed by atoms with Crippen LogP contribution in [0.2, 0.25) is 0 Å². The van der Waals surface area contributed by atoms with Crippen molar-refractivity contribution in [3.8, 4) is 0 Å². The molecule has 14 heavy (non-hydrogen) atoms. The normalized spacial score (nSPS) is 13.2. The number of Topliss-reactive ketones (excluding diaryl/α,β-unsaturated/α-hetero) is 1. The third-order valence-electron chi connectivity index (χ3n) is 2.40. The standard InChI is InChI=1S/C11H24N2O/c1-9(2)11(14)10(13)7-5-3-4-6-8-12/h9-10H,3-8,12-13H2,1-2H3/t10-/m1/s1. The molecule has 0 saturated heterocycles. The minimum atomic E-state index is -0.257. The molecule has 0 spiro atoms. The molecule has 0 bridgehead atoms. The van der Waals surface area contributed by atoms with E-state index in [2.05, 4.69) is 0 Å². The fourth-order valence-electron chi connectivity index (χ4n) is 1.43. The lowest BCUT2D eigenvalue weighted by Crippen LogP contribution is -2.33. The van der Waals surface area contributed by atoms with Gasteiger partial charge in [0.1, 0.15) is 0 Å². The molecule has 0 heterocycles. The highest BCUT2D eigenvalue weighted by molar-refractivity contribution is 5.85. The van der Waals surface area contributed by atoms with E-state index in [1.807, 2.05) is 13.8 Å². The molecule has 4 N–H and O–H groups in total. The Labute approximate surface area is 87.2 Å². The molecule has 3 nitrogen and oxygen atoms in total. The van der Waals surface area contributed by atoms with Gasteiger partial charge < -0.3 is 11.5 Å². The molecule has 1 atom stereocenters. The van der Waals surface area contributed by atoms with E-state index in [-0.39, 0.29) is 17.7 Å². The summed E-state index contributed by atoms with van der Waals surface area (Å²) in [5.74, 6) is 0.248. The Morgan fingerprint density at radius 3 is 2.21 bits per heavy atom. The molecule has 0 aliphatic carbocycles. The zero-order valence-electron chi connectivity index (χ0n) is 9.46. The molecule has 3 heteroatoms. The second-order valence-electron chi connectivity index (χ2n) is 4.16. The molecule has 0 radical (unpaired) electrons. The van der Waals surface area contributed by atoms with Crippen LogP contribution < -0.4 is 11.5 Å². The van der Waals surface area contributed by atoms with E-state index in [4.69, 9.17) is 11.5 Å². The van der Waals surface area contributed by atoms with Crippen molar-refractivity contribution in [2.45, 2.75) is 52.0 Å². The second-order valence-corrected chi connectivity index (χ2v) is 4.16. The van der Waals surface area contributed by atoms with Gasteiger partial charge in [-0.2, -0.15) is 0 Å². The second kappa shape index (κ2) is 7.94. The monoisotopic (exact) mass is 200 g/mol. The predicted octanol–water partition coefficient (Wildman–Crippen LogP) is 1.45. The smallest absolute Gasteiger partial charge is 0.152 e. The molecule has 0 aromatic rings. The number of nitrogens with two attached hydrogens (primary N) is 2. The van der Waals surface area contributed by atoms with E-state index in [1.54, 1.807) is 0 Å². The average molecular weight is 200 g/mol. The van der Waals surface area contributed by atoms with E-state index < -0.39 is 0 Å². The Bertz CT molecular complexity index is 157. The number of carbonyl (C=O) groups excluding carboxylic acids is 1. The van der Waals surface area contributed by atoms with Crippen molar-refractivity contribution in [3.05, 3.63) is 0 Å². The molecule has 0 aromatic carbocycles. The van der Waals surface area contributed by atoms with Gasteiger partial charge in [-0.3, -0.25) is 4.79 Å². The van der Waals surface area contributed by atoms with Gasteiger partial charge in [0, 0.05) is 5.92 Å². The number of carbonyl (C=O) groups is 1. The molecule has 84 valence electrons. The molecule has 0 amide bonds. The number of unbranched alkanes of at least 4 members (excludes halogenated alkanes) is 3. The van der Waals surface area contributed by atoms with Crippen LogP contribution in [0, 0.1) is 5.92 Å². The topological polar surface area (TPSA) is 69.1 Å². The quantitative estimate of drug-likeness (QED) is 0.583. The Morgan fingerprint density at radius 1 is 1.14 bits per heavy atom. The molecule has 0 rings (SSSR count). The summed E-state index contributed by atoms with van der Waals surface area (Å²) >= 11 is 0. The maximum atomic E-state index is 11.4. The van der Waals surface area contributed by atoms with Crippen LogP contribution in [0.25, 0.3) is 0 Å². The van der Waals surface area contributed by atoms with Gasteiger partial charge in [0.2, 0.25) is 0 Å². The molecule has 0 unspecified atom stereocenters. The molecule has 0 aromatic heterocycles. The lowest BCUT2D eigenvalue weighted by molar-refractivity contribution is -0.123. The highest BCUT2D eigenvalue weighted by Gasteiger charge is 2.15. The van der Waals surface area contributed by atoms with E-state index in [0.717, 1.165) is 38.6 Å². The summed E-state index contributed by atoms with van der Waals surface area (Å²) in [6, 6.07) is -0.257. The van der Waals surface area contributed by atoms with E-state index in [1.165, 1.54) is 0 Å². The molecular weight excluding hydrogens is 176 g/mol. The summed E-state index contributed by atoms with van der Waals surface area (Å²) < 4.78 is 0. The minimum Gasteiger partial charge on any atom is -0.330 e. The van der Waals surface area contributed by atoms with Crippen molar-refractivity contribution in [2.24, 2.45) is 17.4 Å². The minimum absolute atomic E-state index is 0.0639. The molecule has 0 fully saturated rings. The maximum absolute atomic E-state index is 11.4. The lowest BCUT2D eigenvalue weighted by Gasteiger charge is -2.12. The Kier molecular flexibility index (Phi) is 7.71. The van der Waals surface area contributed by atoms with Crippen LogP contribution in [-0.2, 0) is 4.79 Å². The number of hydrogen-bond acceptors (Lipinski definition) is 3. The number of ketones is 1. The van der Waals surface area contributed by atoms with Crippen molar-refractivity contribution in [1.29, 1.82) is 0 Å². The zero-order chi connectivity index (χ0) is 11.0. The van der Waals surface area contributed by atoms with Crippen LogP contribution in [0.3, 0.4) is 0 Å². The van der Waals surface area contributed by atoms with Crippen LogP contribution in [0.4, 0.5) is 0 Å². The van der Waals surface area contributed by atoms with Gasteiger partial charge in [-0.1, -0.05) is 33.1 Å². The fourth-order valence-corrected chi connectivity index (χ4v) is 1.43. The van der Waals surface area contributed by atoms with Crippen LogP contribution in [0.5, 0.6) is 0 Å². The SMILES string of the molecule is CC(C)C(=O)[C@H](N)CCCCCCN. The van der Waals surface area contributed by atoms with E-state index in [0.29, 0.717) is 0 Å². The van der Waals surface area contributed by atoms with Crippen molar-refractivity contribution >= 4 is 5.78 Å². The third kappa shape index (κ3) is 6.11. The summed E-state index contributed by atoms with van der Waals surface area (Å²) in [7, 11) is 0. The van der Waals surface area contributed by atoms with Gasteiger partial charge in [-0.05, 0) is 19.4 Å². The number of rotatable bonds is 8. The van der Waals surface area contributed by atoms with Crippen LogP contribution in [-0.4, -0.2) is 18.4 Å². The predicted molar refractivity (Wildman–Crippen MR) is 60.0 cm³/mol. The number of hydrogen-bond donors (Lipinski definition) is 2.